The summed E-state index contributed by atoms with van der Waals surface area (Å²) < 4.78 is 18.6. The molecule has 0 aliphatic rings. The number of halogens is 1. The van der Waals surface area contributed by atoms with E-state index in [1.165, 1.54) is 23.5 Å². The Morgan fingerprint density at radius 2 is 1.78 bits per heavy atom. The maximum absolute atomic E-state index is 13.1. The Hall–Kier alpha value is -2.40. The molecule has 2 aromatic carbocycles. The zero-order valence-electron chi connectivity index (χ0n) is 12.8. The number of hydrogen-bond acceptors (Lipinski definition) is 4. The molecule has 0 fully saturated rings. The van der Waals surface area contributed by atoms with Crippen LogP contribution in [0.4, 0.5) is 9.52 Å². The molecule has 23 heavy (non-hydrogen) atoms. The third-order valence-electron chi connectivity index (χ3n) is 3.43. The highest BCUT2D eigenvalue weighted by molar-refractivity contribution is 7.15. The monoisotopic (exact) mass is 328 g/mol. The molecule has 2 N–H and O–H groups in total. The molecule has 1 aromatic heterocycles. The molecule has 0 atom stereocenters. The minimum atomic E-state index is -0.259. The highest BCUT2D eigenvalue weighted by Gasteiger charge is 2.12. The van der Waals surface area contributed by atoms with Crippen molar-refractivity contribution in [3.05, 3.63) is 64.8 Å². The number of benzene rings is 2. The largest absolute Gasteiger partial charge is 0.494 e. The number of aromatic nitrogens is 1. The summed E-state index contributed by atoms with van der Waals surface area (Å²) >= 11 is 1.46. The second kappa shape index (κ2) is 6.79. The molecule has 3 rings (SSSR count). The van der Waals surface area contributed by atoms with Crippen LogP contribution in [0.1, 0.15) is 17.4 Å². The van der Waals surface area contributed by atoms with Crippen molar-refractivity contribution in [2.24, 2.45) is 0 Å². The van der Waals surface area contributed by atoms with Crippen molar-refractivity contribution in [2.75, 3.05) is 12.3 Å². The summed E-state index contributed by atoms with van der Waals surface area (Å²) in [7, 11) is 0. The van der Waals surface area contributed by atoms with E-state index in [4.69, 9.17) is 10.5 Å². The molecular formula is C18H17FN2OS. The van der Waals surface area contributed by atoms with Crippen molar-refractivity contribution in [3.8, 4) is 17.0 Å². The van der Waals surface area contributed by atoms with E-state index >= 15 is 0 Å². The van der Waals surface area contributed by atoms with Crippen LogP contribution in [-0.2, 0) is 6.42 Å². The van der Waals surface area contributed by atoms with Crippen molar-refractivity contribution in [1.82, 2.24) is 4.98 Å². The van der Waals surface area contributed by atoms with Crippen LogP contribution in [0.2, 0.25) is 0 Å². The fourth-order valence-electron chi connectivity index (χ4n) is 2.38. The third-order valence-corrected chi connectivity index (χ3v) is 4.32. The first-order valence-corrected chi connectivity index (χ1v) is 8.20. The smallest absolute Gasteiger partial charge is 0.180 e. The SMILES string of the molecule is CCOc1ccc(Cc2sc(N)nc2-c2ccc(F)cc2)cc1. The minimum Gasteiger partial charge on any atom is -0.494 e. The molecule has 0 saturated carbocycles. The lowest BCUT2D eigenvalue weighted by Crippen LogP contribution is -1.93. The van der Waals surface area contributed by atoms with Crippen LogP contribution in [0.15, 0.2) is 48.5 Å². The van der Waals surface area contributed by atoms with E-state index in [9.17, 15) is 4.39 Å². The summed E-state index contributed by atoms with van der Waals surface area (Å²) in [4.78, 5) is 5.47. The first kappa shape index (κ1) is 15.5. The van der Waals surface area contributed by atoms with Crippen molar-refractivity contribution in [2.45, 2.75) is 13.3 Å². The predicted molar refractivity (Wildman–Crippen MR) is 92.3 cm³/mol. The van der Waals surface area contributed by atoms with Crippen LogP contribution < -0.4 is 10.5 Å². The summed E-state index contributed by atoms with van der Waals surface area (Å²) in [6.45, 7) is 2.61. The third kappa shape index (κ3) is 3.68. The van der Waals surface area contributed by atoms with E-state index in [1.807, 2.05) is 31.2 Å². The average molecular weight is 328 g/mol. The van der Waals surface area contributed by atoms with E-state index < -0.39 is 0 Å². The van der Waals surface area contributed by atoms with Gasteiger partial charge in [0.1, 0.15) is 11.6 Å². The standard InChI is InChI=1S/C18H17FN2OS/c1-2-22-15-9-3-12(4-10-15)11-16-17(21-18(20)23-16)13-5-7-14(19)8-6-13/h3-10H,2,11H2,1H3,(H2,20,21). The van der Waals surface area contributed by atoms with Crippen LogP contribution in [-0.4, -0.2) is 11.6 Å². The zero-order valence-corrected chi connectivity index (χ0v) is 13.6. The Kier molecular flexibility index (Phi) is 4.57. The molecule has 118 valence electrons. The average Bonchev–Trinajstić information content (AvgIpc) is 2.91. The summed E-state index contributed by atoms with van der Waals surface area (Å²) in [6.07, 6.45) is 0.730. The predicted octanol–water partition coefficient (Wildman–Crippen LogP) is 4.52. The lowest BCUT2D eigenvalue weighted by atomic mass is 10.1. The normalized spacial score (nSPS) is 10.7. The Morgan fingerprint density at radius 3 is 2.43 bits per heavy atom. The number of ether oxygens (including phenoxy) is 1. The van der Waals surface area contributed by atoms with E-state index in [0.29, 0.717) is 11.7 Å². The highest BCUT2D eigenvalue weighted by atomic mass is 32.1. The Morgan fingerprint density at radius 1 is 1.09 bits per heavy atom. The Balaban J connectivity index is 1.87. The van der Waals surface area contributed by atoms with Crippen LogP contribution in [0, 0.1) is 5.82 Å². The van der Waals surface area contributed by atoms with Gasteiger partial charge in [0.2, 0.25) is 0 Å². The maximum atomic E-state index is 13.1. The van der Waals surface area contributed by atoms with Crippen LogP contribution >= 0.6 is 11.3 Å². The van der Waals surface area contributed by atoms with E-state index in [2.05, 4.69) is 4.98 Å². The van der Waals surface area contributed by atoms with Gasteiger partial charge in [0.25, 0.3) is 0 Å². The van der Waals surface area contributed by atoms with Crippen molar-refractivity contribution >= 4 is 16.5 Å². The highest BCUT2D eigenvalue weighted by Crippen LogP contribution is 2.32. The molecule has 1 heterocycles. The quantitative estimate of drug-likeness (QED) is 0.749. The number of nitrogens with zero attached hydrogens (tertiary/aromatic N) is 1. The number of rotatable bonds is 5. The van der Waals surface area contributed by atoms with Gasteiger partial charge in [0.15, 0.2) is 5.13 Å². The lowest BCUT2D eigenvalue weighted by Gasteiger charge is -2.06. The van der Waals surface area contributed by atoms with Gasteiger partial charge in [-0.1, -0.05) is 12.1 Å². The molecule has 0 spiro atoms. The van der Waals surface area contributed by atoms with Gasteiger partial charge in [0.05, 0.1) is 12.3 Å². The molecule has 0 aliphatic heterocycles. The molecule has 0 bridgehead atoms. The number of anilines is 1. The van der Waals surface area contributed by atoms with Crippen LogP contribution in [0.5, 0.6) is 5.75 Å². The summed E-state index contributed by atoms with van der Waals surface area (Å²) in [5, 5.41) is 0.519. The van der Waals surface area contributed by atoms with E-state index in [-0.39, 0.29) is 5.82 Å². The van der Waals surface area contributed by atoms with Crippen molar-refractivity contribution in [3.63, 3.8) is 0 Å². The van der Waals surface area contributed by atoms with Gasteiger partial charge in [-0.15, -0.1) is 11.3 Å². The van der Waals surface area contributed by atoms with E-state index in [0.717, 1.165) is 33.9 Å². The van der Waals surface area contributed by atoms with Gasteiger partial charge in [-0.2, -0.15) is 0 Å². The van der Waals surface area contributed by atoms with Crippen molar-refractivity contribution in [1.29, 1.82) is 0 Å². The number of nitrogens with two attached hydrogens (primary N) is 1. The first-order chi connectivity index (χ1) is 11.2. The van der Waals surface area contributed by atoms with Crippen LogP contribution in [0.3, 0.4) is 0 Å². The lowest BCUT2D eigenvalue weighted by molar-refractivity contribution is 0.340. The number of hydrogen-bond donors (Lipinski definition) is 1. The second-order valence-electron chi connectivity index (χ2n) is 5.08. The molecule has 0 amide bonds. The summed E-state index contributed by atoms with van der Waals surface area (Å²) in [5.74, 6) is 0.601. The van der Waals surface area contributed by atoms with Gasteiger partial charge < -0.3 is 10.5 Å². The molecule has 0 saturated heterocycles. The molecule has 0 radical (unpaired) electrons. The Bertz CT molecular complexity index is 782. The molecule has 3 nitrogen and oxygen atoms in total. The number of nitrogen functional groups attached to an aromatic ring is 1. The van der Waals surface area contributed by atoms with Gasteiger partial charge >= 0.3 is 0 Å². The van der Waals surface area contributed by atoms with Gasteiger partial charge in [-0.25, -0.2) is 9.37 Å². The second-order valence-corrected chi connectivity index (χ2v) is 6.20. The molecule has 0 unspecified atom stereocenters. The summed E-state index contributed by atoms with van der Waals surface area (Å²) in [5.41, 5.74) is 8.73. The Labute approximate surface area is 138 Å². The first-order valence-electron chi connectivity index (χ1n) is 7.38. The summed E-state index contributed by atoms with van der Waals surface area (Å²) in [6, 6.07) is 14.3. The van der Waals surface area contributed by atoms with Gasteiger partial charge in [-0.05, 0) is 48.9 Å². The van der Waals surface area contributed by atoms with Gasteiger partial charge in [-0.3, -0.25) is 0 Å². The topological polar surface area (TPSA) is 48.1 Å². The van der Waals surface area contributed by atoms with E-state index in [1.54, 1.807) is 12.1 Å². The molecule has 5 heteroatoms. The van der Waals surface area contributed by atoms with Gasteiger partial charge in [0, 0.05) is 16.9 Å². The van der Waals surface area contributed by atoms with Crippen molar-refractivity contribution < 1.29 is 9.13 Å². The molecule has 0 aliphatic carbocycles. The fraction of sp³-hybridized carbons (Fsp3) is 0.167. The molecular weight excluding hydrogens is 311 g/mol. The molecule has 3 aromatic rings. The van der Waals surface area contributed by atoms with Crippen LogP contribution in [0.25, 0.3) is 11.3 Å². The zero-order chi connectivity index (χ0) is 16.2. The minimum absolute atomic E-state index is 0.259. The fourth-order valence-corrected chi connectivity index (χ4v) is 3.27. The maximum Gasteiger partial charge on any atom is 0.180 e. The number of thiazole rings is 1.